The maximum absolute atomic E-state index is 9.45. The second-order valence-corrected chi connectivity index (χ2v) is 5.68. The van der Waals surface area contributed by atoms with Gasteiger partial charge in [-0.1, -0.05) is 12.1 Å². The van der Waals surface area contributed by atoms with Crippen molar-refractivity contribution in [3.8, 4) is 23.6 Å². The van der Waals surface area contributed by atoms with Gasteiger partial charge in [-0.05, 0) is 64.3 Å². The number of nitrogens with zero attached hydrogens (tertiary/aromatic N) is 2. The van der Waals surface area contributed by atoms with E-state index < -0.39 is 0 Å². The number of hydrogen-bond donors (Lipinski definition) is 0. The Labute approximate surface area is 149 Å². The van der Waals surface area contributed by atoms with E-state index in [9.17, 15) is 5.26 Å². The average Bonchev–Trinajstić information content (AvgIpc) is 2.61. The third-order valence-electron chi connectivity index (χ3n) is 3.30. The Kier molecular flexibility index (Phi) is 6.01. The van der Waals surface area contributed by atoms with Gasteiger partial charge >= 0.3 is 0 Å². The van der Waals surface area contributed by atoms with Gasteiger partial charge in [-0.2, -0.15) is 10.5 Å². The molecule has 0 N–H and O–H groups in total. The number of halogens is 1. The van der Waals surface area contributed by atoms with Gasteiger partial charge in [0.2, 0.25) is 0 Å². The number of nitriles is 2. The maximum atomic E-state index is 9.45. The maximum Gasteiger partial charge on any atom is 0.175 e. The minimum Gasteiger partial charge on any atom is -0.493 e. The Morgan fingerprint density at radius 3 is 2.46 bits per heavy atom. The van der Waals surface area contributed by atoms with E-state index in [1.807, 2.05) is 19.1 Å². The summed E-state index contributed by atoms with van der Waals surface area (Å²) in [7, 11) is 1.57. The molecule has 0 aliphatic heterocycles. The Bertz CT molecular complexity index is 843. The van der Waals surface area contributed by atoms with Crippen LogP contribution in [0.2, 0.25) is 0 Å². The Morgan fingerprint density at radius 2 is 1.92 bits per heavy atom. The molecule has 0 aliphatic carbocycles. The summed E-state index contributed by atoms with van der Waals surface area (Å²) in [5.41, 5.74) is 2.61. The van der Waals surface area contributed by atoms with Crippen molar-refractivity contribution in [2.45, 2.75) is 6.92 Å². The predicted molar refractivity (Wildman–Crippen MR) is 96.5 cm³/mol. The van der Waals surface area contributed by atoms with Gasteiger partial charge in [-0.3, -0.25) is 0 Å². The first-order valence-corrected chi connectivity index (χ1v) is 8.04. The predicted octanol–water partition coefficient (Wildman–Crippen LogP) is 4.79. The lowest BCUT2D eigenvalue weighted by molar-refractivity contribution is 0.309. The molecule has 0 unspecified atom stereocenters. The summed E-state index contributed by atoms with van der Waals surface area (Å²) in [5.74, 6) is 1.23. The van der Waals surface area contributed by atoms with Crippen molar-refractivity contribution >= 4 is 27.6 Å². The highest BCUT2D eigenvalue weighted by molar-refractivity contribution is 9.10. The summed E-state index contributed by atoms with van der Waals surface area (Å²) in [5, 5.41) is 18.3. The van der Waals surface area contributed by atoms with Gasteiger partial charge in [0.15, 0.2) is 11.5 Å². The van der Waals surface area contributed by atoms with Crippen molar-refractivity contribution in [2.24, 2.45) is 0 Å². The highest BCUT2D eigenvalue weighted by Crippen LogP contribution is 2.37. The van der Waals surface area contributed by atoms with Crippen molar-refractivity contribution in [3.05, 3.63) is 57.6 Å². The second kappa shape index (κ2) is 8.19. The number of hydrogen-bond acceptors (Lipinski definition) is 4. The third kappa shape index (κ3) is 3.95. The number of allylic oxidation sites excluding steroid dienone is 1. The average molecular weight is 383 g/mol. The van der Waals surface area contributed by atoms with Gasteiger partial charge in [0.1, 0.15) is 0 Å². The molecule has 5 heteroatoms. The van der Waals surface area contributed by atoms with Crippen LogP contribution >= 0.6 is 15.9 Å². The first-order valence-electron chi connectivity index (χ1n) is 7.25. The minimum absolute atomic E-state index is 0.498. The molecule has 0 amide bonds. The lowest BCUT2D eigenvalue weighted by Crippen LogP contribution is -1.97. The lowest BCUT2D eigenvalue weighted by Gasteiger charge is -2.12. The van der Waals surface area contributed by atoms with Crippen LogP contribution in [0.5, 0.6) is 11.5 Å². The van der Waals surface area contributed by atoms with Gasteiger partial charge in [0.05, 0.1) is 41.5 Å². The van der Waals surface area contributed by atoms with Crippen LogP contribution in [0, 0.1) is 22.7 Å². The quantitative estimate of drug-likeness (QED) is 0.550. The molecule has 120 valence electrons. The molecule has 0 saturated heterocycles. The van der Waals surface area contributed by atoms with Gasteiger partial charge < -0.3 is 9.47 Å². The second-order valence-electron chi connectivity index (χ2n) is 4.83. The van der Waals surface area contributed by atoms with E-state index >= 15 is 0 Å². The molecular formula is C19H15BrN2O2. The highest BCUT2D eigenvalue weighted by atomic mass is 79.9. The van der Waals surface area contributed by atoms with E-state index in [1.165, 1.54) is 0 Å². The molecule has 0 fully saturated rings. The summed E-state index contributed by atoms with van der Waals surface area (Å²) in [4.78, 5) is 0. The van der Waals surface area contributed by atoms with Gasteiger partial charge in [0.25, 0.3) is 0 Å². The van der Waals surface area contributed by atoms with Crippen molar-refractivity contribution < 1.29 is 9.47 Å². The zero-order valence-electron chi connectivity index (χ0n) is 13.3. The monoisotopic (exact) mass is 382 g/mol. The number of ether oxygens (including phenoxy) is 2. The lowest BCUT2D eigenvalue weighted by atomic mass is 10.0. The molecule has 0 heterocycles. The fourth-order valence-corrected chi connectivity index (χ4v) is 2.75. The molecule has 0 atom stereocenters. The van der Waals surface area contributed by atoms with Crippen LogP contribution in [0.25, 0.3) is 11.6 Å². The highest BCUT2D eigenvalue weighted by Gasteiger charge is 2.11. The fourth-order valence-electron chi connectivity index (χ4n) is 2.18. The molecule has 24 heavy (non-hydrogen) atoms. The van der Waals surface area contributed by atoms with E-state index in [0.717, 1.165) is 15.6 Å². The van der Waals surface area contributed by atoms with E-state index in [4.69, 9.17) is 14.7 Å². The Hall–Kier alpha value is -2.76. The molecule has 2 aromatic rings. The molecule has 0 spiro atoms. The van der Waals surface area contributed by atoms with Crippen LogP contribution in [0.15, 0.2) is 40.9 Å². The van der Waals surface area contributed by atoms with Crippen LogP contribution in [0.4, 0.5) is 0 Å². The SMILES string of the molecule is CCOc1c(Br)cc(/C=C(\C#N)c2ccc(C#N)cc2)cc1OC. The molecule has 0 bridgehead atoms. The summed E-state index contributed by atoms with van der Waals surface area (Å²) >= 11 is 3.47. The molecule has 0 saturated carbocycles. The van der Waals surface area contributed by atoms with Crippen molar-refractivity contribution in [1.82, 2.24) is 0 Å². The van der Waals surface area contributed by atoms with Crippen molar-refractivity contribution in [2.75, 3.05) is 13.7 Å². The van der Waals surface area contributed by atoms with Crippen LogP contribution in [-0.4, -0.2) is 13.7 Å². The zero-order chi connectivity index (χ0) is 17.5. The number of methoxy groups -OCH3 is 1. The third-order valence-corrected chi connectivity index (χ3v) is 3.89. The zero-order valence-corrected chi connectivity index (χ0v) is 14.9. The molecule has 2 aromatic carbocycles. The normalized spacial score (nSPS) is 10.6. The van der Waals surface area contributed by atoms with E-state index in [-0.39, 0.29) is 0 Å². The van der Waals surface area contributed by atoms with Crippen LogP contribution in [-0.2, 0) is 0 Å². The standard InChI is InChI=1S/C19H15BrN2O2/c1-3-24-19-17(20)9-14(10-18(19)23-2)8-16(12-22)15-6-4-13(11-21)5-7-15/h4-10H,3H2,1-2H3/b16-8+. The molecule has 0 radical (unpaired) electrons. The summed E-state index contributed by atoms with van der Waals surface area (Å²) in [6, 6.07) is 14.8. The van der Waals surface area contributed by atoms with Gasteiger partial charge in [-0.25, -0.2) is 0 Å². The molecule has 2 rings (SSSR count). The summed E-state index contributed by atoms with van der Waals surface area (Å²) in [6.45, 7) is 2.43. The molecule has 0 aliphatic rings. The first kappa shape index (κ1) is 17.6. The van der Waals surface area contributed by atoms with Gasteiger partial charge in [0, 0.05) is 0 Å². The Balaban J connectivity index is 2.46. The molecular weight excluding hydrogens is 368 g/mol. The fraction of sp³-hybridized carbons (Fsp3) is 0.158. The Morgan fingerprint density at radius 1 is 1.21 bits per heavy atom. The number of benzene rings is 2. The smallest absolute Gasteiger partial charge is 0.175 e. The van der Waals surface area contributed by atoms with Crippen LogP contribution in [0.1, 0.15) is 23.6 Å². The van der Waals surface area contributed by atoms with E-state index in [1.54, 1.807) is 37.5 Å². The van der Waals surface area contributed by atoms with Gasteiger partial charge in [-0.15, -0.1) is 0 Å². The minimum atomic E-state index is 0.498. The molecule has 4 nitrogen and oxygen atoms in total. The topological polar surface area (TPSA) is 66.0 Å². The van der Waals surface area contributed by atoms with Crippen LogP contribution in [0.3, 0.4) is 0 Å². The number of rotatable bonds is 5. The van der Waals surface area contributed by atoms with Crippen molar-refractivity contribution in [1.29, 1.82) is 10.5 Å². The van der Waals surface area contributed by atoms with Crippen molar-refractivity contribution in [3.63, 3.8) is 0 Å². The summed E-state index contributed by atoms with van der Waals surface area (Å²) in [6.07, 6.45) is 1.77. The largest absolute Gasteiger partial charge is 0.493 e. The van der Waals surface area contributed by atoms with E-state index in [0.29, 0.717) is 29.2 Å². The van der Waals surface area contributed by atoms with E-state index in [2.05, 4.69) is 28.1 Å². The first-order chi connectivity index (χ1) is 11.6. The van der Waals surface area contributed by atoms with Crippen LogP contribution < -0.4 is 9.47 Å². The molecule has 0 aromatic heterocycles. The summed E-state index contributed by atoms with van der Waals surface area (Å²) < 4.78 is 11.7.